The van der Waals surface area contributed by atoms with Crippen molar-refractivity contribution < 1.29 is 19.0 Å². The fourth-order valence-electron chi connectivity index (χ4n) is 7.50. The summed E-state index contributed by atoms with van der Waals surface area (Å²) in [6, 6.07) is 0. The molecule has 2 N–H and O–H groups in total. The molecule has 0 spiro atoms. The second kappa shape index (κ2) is 10.2. The number of fused-ring (bicyclic) bond motifs is 1. The minimum absolute atomic E-state index is 0.346. The monoisotopic (exact) mass is 451 g/mol. The summed E-state index contributed by atoms with van der Waals surface area (Å²) in [7, 11) is 0. The first-order valence-corrected chi connectivity index (χ1v) is 13.0. The molecule has 4 aliphatic rings. The van der Waals surface area contributed by atoms with Crippen molar-refractivity contribution in [3.63, 3.8) is 0 Å². The fraction of sp³-hybridized carbons (Fsp3) is 0.852. The molecule has 0 aromatic rings. The number of allylic oxidation sites excluding steroid dienone is 3. The summed E-state index contributed by atoms with van der Waals surface area (Å²) in [6.07, 6.45) is 11.4. The first-order valence-electron chi connectivity index (χ1n) is 13.0. The summed E-state index contributed by atoms with van der Waals surface area (Å²) in [5.41, 5.74) is 3.08. The van der Waals surface area contributed by atoms with E-state index in [0.717, 1.165) is 13.1 Å². The third-order valence-corrected chi connectivity index (χ3v) is 9.16. The number of alkyl halides is 2. The van der Waals surface area contributed by atoms with Crippen LogP contribution in [-0.4, -0.2) is 53.4 Å². The summed E-state index contributed by atoms with van der Waals surface area (Å²) in [6.45, 7) is 7.17. The Bertz CT molecular complexity index is 696. The lowest BCUT2D eigenvalue weighted by Crippen LogP contribution is -2.35. The van der Waals surface area contributed by atoms with E-state index in [0.29, 0.717) is 55.4 Å². The zero-order valence-corrected chi connectivity index (χ0v) is 20.0. The van der Waals surface area contributed by atoms with Gasteiger partial charge in [0.1, 0.15) is 0 Å². The number of aliphatic hydroxyl groups is 2. The number of nitrogens with zero attached hydrogens (tertiary/aromatic N) is 1. The second-order valence-electron chi connectivity index (χ2n) is 11.7. The van der Waals surface area contributed by atoms with Gasteiger partial charge in [-0.1, -0.05) is 37.1 Å². The Kier molecular flexibility index (Phi) is 7.78. The molecule has 0 bridgehead atoms. The zero-order chi connectivity index (χ0) is 22.9. The Morgan fingerprint density at radius 2 is 1.88 bits per heavy atom. The Balaban J connectivity index is 1.36. The van der Waals surface area contributed by atoms with E-state index >= 15 is 0 Å². The van der Waals surface area contributed by atoms with Gasteiger partial charge in [-0.2, -0.15) is 0 Å². The van der Waals surface area contributed by atoms with Crippen LogP contribution < -0.4 is 0 Å². The van der Waals surface area contributed by atoms with Crippen molar-refractivity contribution in [3.8, 4) is 0 Å². The lowest BCUT2D eigenvalue weighted by atomic mass is 9.62. The van der Waals surface area contributed by atoms with E-state index in [4.69, 9.17) is 0 Å². The molecule has 4 rings (SSSR count). The summed E-state index contributed by atoms with van der Waals surface area (Å²) in [4.78, 5) is 2.27. The van der Waals surface area contributed by atoms with Crippen LogP contribution in [0.25, 0.3) is 0 Å². The first kappa shape index (κ1) is 24.3. The Labute approximate surface area is 193 Å². The van der Waals surface area contributed by atoms with Gasteiger partial charge < -0.3 is 15.1 Å². The van der Waals surface area contributed by atoms with Crippen molar-refractivity contribution in [2.24, 2.45) is 29.1 Å². The molecular formula is C27H43F2NO2. The molecule has 0 amide bonds. The number of likely N-dealkylation sites (tertiary alicyclic amines) is 1. The predicted molar refractivity (Wildman–Crippen MR) is 125 cm³/mol. The maximum atomic E-state index is 13.0. The van der Waals surface area contributed by atoms with Crippen LogP contribution in [0.1, 0.15) is 78.1 Å². The highest BCUT2D eigenvalue weighted by Gasteiger charge is 2.49. The summed E-state index contributed by atoms with van der Waals surface area (Å²) < 4.78 is 26.0. The third kappa shape index (κ3) is 5.47. The van der Waals surface area contributed by atoms with Crippen molar-refractivity contribution in [1.82, 2.24) is 4.90 Å². The molecule has 4 fully saturated rings. The van der Waals surface area contributed by atoms with Gasteiger partial charge in [0.2, 0.25) is 6.43 Å². The third-order valence-electron chi connectivity index (χ3n) is 9.16. The van der Waals surface area contributed by atoms with Crippen molar-refractivity contribution in [1.29, 1.82) is 0 Å². The van der Waals surface area contributed by atoms with Gasteiger partial charge in [-0.15, -0.1) is 0 Å². The highest BCUT2D eigenvalue weighted by atomic mass is 19.3. The fourth-order valence-corrected chi connectivity index (χ4v) is 7.50. The van der Waals surface area contributed by atoms with Crippen LogP contribution >= 0.6 is 0 Å². The number of hydrogen-bond acceptors (Lipinski definition) is 3. The average molecular weight is 452 g/mol. The van der Waals surface area contributed by atoms with Crippen LogP contribution in [0.5, 0.6) is 0 Å². The van der Waals surface area contributed by atoms with Crippen LogP contribution in [0.2, 0.25) is 0 Å². The van der Waals surface area contributed by atoms with E-state index in [2.05, 4.69) is 30.9 Å². The molecule has 1 aliphatic heterocycles. The normalized spacial score (nSPS) is 40.8. The first-order chi connectivity index (χ1) is 15.2. The standard InChI is InChI=1S/C27H43F2NO2/c1-18(16-30-11-9-21(17-30)26(28)29)12-22-7-8-25-20(4-3-10-27(22,25)2)6-5-19-13-23(31)15-24(32)14-19/h5-6,18,21-26,31-32H,3-4,7-17H2,1-2H3/b20-6+/t18-,21-,22?,23-,24-,25+,27-/m1/s1. The molecule has 0 radical (unpaired) electrons. The lowest BCUT2D eigenvalue weighted by Gasteiger charge is -2.43. The van der Waals surface area contributed by atoms with Gasteiger partial charge in [0.05, 0.1) is 12.2 Å². The number of hydrogen-bond donors (Lipinski definition) is 2. The largest absolute Gasteiger partial charge is 0.393 e. The Morgan fingerprint density at radius 3 is 2.56 bits per heavy atom. The van der Waals surface area contributed by atoms with Crippen molar-refractivity contribution in [3.05, 3.63) is 23.3 Å². The summed E-state index contributed by atoms with van der Waals surface area (Å²) in [5.74, 6) is 1.47. The molecule has 3 aliphatic carbocycles. The van der Waals surface area contributed by atoms with E-state index in [1.54, 1.807) is 5.57 Å². The van der Waals surface area contributed by atoms with Crippen LogP contribution in [0.3, 0.4) is 0 Å². The highest BCUT2D eigenvalue weighted by Crippen LogP contribution is 2.59. The molecule has 7 atom stereocenters. The quantitative estimate of drug-likeness (QED) is 0.554. The zero-order valence-electron chi connectivity index (χ0n) is 20.0. The van der Waals surface area contributed by atoms with Crippen LogP contribution in [0.4, 0.5) is 8.78 Å². The average Bonchev–Trinajstić information content (AvgIpc) is 3.31. The minimum Gasteiger partial charge on any atom is -0.393 e. The van der Waals surface area contributed by atoms with Gasteiger partial charge >= 0.3 is 0 Å². The van der Waals surface area contributed by atoms with Crippen LogP contribution in [0, 0.1) is 29.1 Å². The topological polar surface area (TPSA) is 43.7 Å². The van der Waals surface area contributed by atoms with E-state index < -0.39 is 24.6 Å². The van der Waals surface area contributed by atoms with Gasteiger partial charge in [0.25, 0.3) is 0 Å². The smallest absolute Gasteiger partial charge is 0.242 e. The van der Waals surface area contributed by atoms with Crippen LogP contribution in [0.15, 0.2) is 23.3 Å². The van der Waals surface area contributed by atoms with E-state index in [-0.39, 0.29) is 0 Å². The summed E-state index contributed by atoms with van der Waals surface area (Å²) in [5, 5.41) is 20.0. The van der Waals surface area contributed by atoms with E-state index in [1.807, 2.05) is 0 Å². The Hall–Kier alpha value is -0.780. The molecule has 3 nitrogen and oxygen atoms in total. The van der Waals surface area contributed by atoms with Gasteiger partial charge in [0, 0.05) is 19.0 Å². The molecule has 3 saturated carbocycles. The molecule has 182 valence electrons. The Morgan fingerprint density at radius 1 is 1.12 bits per heavy atom. The SMILES string of the molecule is C[C@H](CC1CC[C@H]2/C(=C/C=C3C[C@@H](O)C[C@H](O)C3)CCC[C@]12C)CN1CC[C@@H](C(F)F)C1. The molecule has 1 unspecified atom stereocenters. The number of halogens is 2. The second-order valence-corrected chi connectivity index (χ2v) is 11.7. The highest BCUT2D eigenvalue weighted by molar-refractivity contribution is 5.26. The van der Waals surface area contributed by atoms with E-state index in [1.165, 1.54) is 44.1 Å². The van der Waals surface area contributed by atoms with Gasteiger partial charge in [-0.25, -0.2) is 8.78 Å². The van der Waals surface area contributed by atoms with Gasteiger partial charge in [-0.3, -0.25) is 0 Å². The van der Waals surface area contributed by atoms with Crippen molar-refractivity contribution in [2.45, 2.75) is 96.7 Å². The van der Waals surface area contributed by atoms with Gasteiger partial charge in [-0.05, 0) is 93.9 Å². The molecule has 32 heavy (non-hydrogen) atoms. The summed E-state index contributed by atoms with van der Waals surface area (Å²) >= 11 is 0. The number of rotatable bonds is 6. The van der Waals surface area contributed by atoms with E-state index in [9.17, 15) is 19.0 Å². The lowest BCUT2D eigenvalue weighted by molar-refractivity contribution is 0.0609. The number of aliphatic hydroxyl groups excluding tert-OH is 2. The molecule has 0 aromatic carbocycles. The maximum absolute atomic E-state index is 13.0. The van der Waals surface area contributed by atoms with Crippen molar-refractivity contribution >= 4 is 0 Å². The minimum atomic E-state index is -2.17. The predicted octanol–water partition coefficient (Wildman–Crippen LogP) is 5.57. The van der Waals surface area contributed by atoms with Crippen LogP contribution in [-0.2, 0) is 0 Å². The molecule has 1 saturated heterocycles. The molecule has 5 heteroatoms. The van der Waals surface area contributed by atoms with Crippen molar-refractivity contribution in [2.75, 3.05) is 19.6 Å². The molecule has 0 aromatic heterocycles. The maximum Gasteiger partial charge on any atom is 0.242 e. The molecule has 1 heterocycles. The molecular weight excluding hydrogens is 408 g/mol. The van der Waals surface area contributed by atoms with Gasteiger partial charge in [0.15, 0.2) is 0 Å².